The summed E-state index contributed by atoms with van der Waals surface area (Å²) >= 11 is 0. The summed E-state index contributed by atoms with van der Waals surface area (Å²) in [5.41, 5.74) is 3.83. The number of nitrogens with zero attached hydrogens (tertiary/aromatic N) is 1. The summed E-state index contributed by atoms with van der Waals surface area (Å²) in [5, 5.41) is 0. The standard InChI is InChI=1S/C12H14N4O2S/c1-9-3-2-8-14-12(9)16-19(17,18)11-6-4-10(15-13)5-7-11/h2-8,15H,13H2,1H3,(H,14,16). The fourth-order valence-electron chi connectivity index (χ4n) is 1.51. The molecule has 0 saturated carbocycles. The molecular formula is C12H14N4O2S. The van der Waals surface area contributed by atoms with Crippen LogP contribution in [-0.4, -0.2) is 13.4 Å². The molecule has 1 aromatic heterocycles. The number of pyridine rings is 1. The molecule has 0 saturated heterocycles. The molecule has 0 aliphatic carbocycles. The van der Waals surface area contributed by atoms with Gasteiger partial charge in [0.2, 0.25) is 0 Å². The summed E-state index contributed by atoms with van der Waals surface area (Å²) in [6, 6.07) is 9.63. The third-order valence-electron chi connectivity index (χ3n) is 2.57. The van der Waals surface area contributed by atoms with Crippen LogP contribution in [0, 0.1) is 6.92 Å². The van der Waals surface area contributed by atoms with Gasteiger partial charge in [0.1, 0.15) is 5.82 Å². The minimum Gasteiger partial charge on any atom is -0.324 e. The number of aryl methyl sites for hydroxylation is 1. The first-order chi connectivity index (χ1) is 9.03. The molecular weight excluding hydrogens is 264 g/mol. The molecule has 0 amide bonds. The van der Waals surface area contributed by atoms with Gasteiger partial charge in [-0.25, -0.2) is 13.4 Å². The monoisotopic (exact) mass is 278 g/mol. The lowest BCUT2D eigenvalue weighted by Crippen LogP contribution is -2.15. The van der Waals surface area contributed by atoms with E-state index in [1.807, 2.05) is 0 Å². The molecule has 6 nitrogen and oxygen atoms in total. The highest BCUT2D eigenvalue weighted by atomic mass is 32.2. The van der Waals surface area contributed by atoms with Crippen molar-refractivity contribution in [2.24, 2.45) is 5.84 Å². The Hall–Kier alpha value is -2.12. The Morgan fingerprint density at radius 3 is 2.42 bits per heavy atom. The summed E-state index contributed by atoms with van der Waals surface area (Å²) in [6.07, 6.45) is 1.53. The van der Waals surface area contributed by atoms with E-state index in [2.05, 4.69) is 15.1 Å². The molecule has 0 spiro atoms. The lowest BCUT2D eigenvalue weighted by molar-refractivity contribution is 0.601. The summed E-state index contributed by atoms with van der Waals surface area (Å²) < 4.78 is 26.8. The predicted molar refractivity (Wildman–Crippen MR) is 74.0 cm³/mol. The first-order valence-electron chi connectivity index (χ1n) is 5.54. The number of hydrazine groups is 1. The molecule has 0 unspecified atom stereocenters. The molecule has 4 N–H and O–H groups in total. The van der Waals surface area contributed by atoms with Crippen molar-refractivity contribution >= 4 is 21.5 Å². The van der Waals surface area contributed by atoms with Crippen molar-refractivity contribution in [3.63, 3.8) is 0 Å². The van der Waals surface area contributed by atoms with Crippen molar-refractivity contribution in [1.82, 2.24) is 4.98 Å². The van der Waals surface area contributed by atoms with Gasteiger partial charge in [-0.2, -0.15) is 0 Å². The summed E-state index contributed by atoms with van der Waals surface area (Å²) in [6.45, 7) is 1.78. The molecule has 0 fully saturated rings. The second-order valence-electron chi connectivity index (χ2n) is 3.94. The van der Waals surface area contributed by atoms with E-state index in [0.717, 1.165) is 5.56 Å². The fraction of sp³-hybridized carbons (Fsp3) is 0.0833. The summed E-state index contributed by atoms with van der Waals surface area (Å²) in [5.74, 6) is 5.55. The second kappa shape index (κ2) is 5.25. The van der Waals surface area contributed by atoms with Crippen LogP contribution in [0.25, 0.3) is 0 Å². The van der Waals surface area contributed by atoms with Crippen molar-refractivity contribution in [2.45, 2.75) is 11.8 Å². The summed E-state index contributed by atoms with van der Waals surface area (Å²) in [7, 11) is -3.64. The Bertz CT molecular complexity index is 668. The average Bonchev–Trinajstić information content (AvgIpc) is 2.41. The molecule has 0 atom stereocenters. The van der Waals surface area contributed by atoms with Gasteiger partial charge in [-0.15, -0.1) is 0 Å². The highest BCUT2D eigenvalue weighted by molar-refractivity contribution is 7.92. The normalized spacial score (nSPS) is 11.1. The van der Waals surface area contributed by atoms with Crippen molar-refractivity contribution < 1.29 is 8.42 Å². The van der Waals surface area contributed by atoms with Crippen molar-refractivity contribution in [2.75, 3.05) is 10.1 Å². The Kier molecular flexibility index (Phi) is 3.68. The van der Waals surface area contributed by atoms with Crippen LogP contribution >= 0.6 is 0 Å². The van der Waals surface area contributed by atoms with E-state index in [-0.39, 0.29) is 4.90 Å². The Morgan fingerprint density at radius 1 is 1.16 bits per heavy atom. The topological polar surface area (TPSA) is 97.1 Å². The lowest BCUT2D eigenvalue weighted by atomic mass is 10.3. The number of hydrogen-bond donors (Lipinski definition) is 3. The molecule has 0 bridgehead atoms. The molecule has 19 heavy (non-hydrogen) atoms. The van der Waals surface area contributed by atoms with Crippen molar-refractivity contribution in [3.05, 3.63) is 48.2 Å². The Morgan fingerprint density at radius 2 is 1.84 bits per heavy atom. The van der Waals surface area contributed by atoms with Crippen LogP contribution in [0.4, 0.5) is 11.5 Å². The zero-order valence-corrected chi connectivity index (χ0v) is 11.1. The molecule has 0 radical (unpaired) electrons. The van der Waals surface area contributed by atoms with Crippen LogP contribution in [0.15, 0.2) is 47.5 Å². The number of nitrogen functional groups attached to an aromatic ring is 1. The molecule has 2 rings (SSSR count). The third kappa shape index (κ3) is 3.01. The second-order valence-corrected chi connectivity index (χ2v) is 5.63. The number of aromatic nitrogens is 1. The number of rotatable bonds is 4. The number of anilines is 2. The maximum absolute atomic E-state index is 12.2. The van der Waals surface area contributed by atoms with Crippen LogP contribution in [0.5, 0.6) is 0 Å². The highest BCUT2D eigenvalue weighted by Gasteiger charge is 2.15. The van der Waals surface area contributed by atoms with E-state index in [9.17, 15) is 8.42 Å². The number of nitrogens with two attached hydrogens (primary N) is 1. The number of benzene rings is 1. The maximum Gasteiger partial charge on any atom is 0.263 e. The minimum atomic E-state index is -3.64. The van der Waals surface area contributed by atoms with Gasteiger partial charge in [-0.05, 0) is 42.8 Å². The van der Waals surface area contributed by atoms with Gasteiger partial charge in [0.25, 0.3) is 10.0 Å². The van der Waals surface area contributed by atoms with E-state index in [1.165, 1.54) is 18.3 Å². The van der Waals surface area contributed by atoms with Gasteiger partial charge in [-0.1, -0.05) is 6.07 Å². The van der Waals surface area contributed by atoms with E-state index < -0.39 is 10.0 Å². The highest BCUT2D eigenvalue weighted by Crippen LogP contribution is 2.18. The van der Waals surface area contributed by atoms with Gasteiger partial charge >= 0.3 is 0 Å². The quantitative estimate of drug-likeness (QED) is 0.581. The Balaban J connectivity index is 2.30. The predicted octanol–water partition coefficient (Wildman–Crippen LogP) is 1.48. The molecule has 0 aliphatic heterocycles. The minimum absolute atomic E-state index is 0.150. The SMILES string of the molecule is Cc1cccnc1NS(=O)(=O)c1ccc(NN)cc1. The molecule has 2 aromatic rings. The van der Waals surface area contributed by atoms with E-state index in [0.29, 0.717) is 11.5 Å². The molecule has 1 aromatic carbocycles. The van der Waals surface area contributed by atoms with Crippen LogP contribution in [0.2, 0.25) is 0 Å². The maximum atomic E-state index is 12.2. The van der Waals surface area contributed by atoms with Gasteiger partial charge in [0, 0.05) is 11.9 Å². The third-order valence-corrected chi connectivity index (χ3v) is 3.93. The van der Waals surface area contributed by atoms with Crippen molar-refractivity contribution in [1.29, 1.82) is 0 Å². The smallest absolute Gasteiger partial charge is 0.263 e. The average molecular weight is 278 g/mol. The number of sulfonamides is 1. The zero-order chi connectivity index (χ0) is 13.9. The largest absolute Gasteiger partial charge is 0.324 e. The lowest BCUT2D eigenvalue weighted by Gasteiger charge is -2.09. The number of nitrogens with one attached hydrogen (secondary N) is 2. The van der Waals surface area contributed by atoms with E-state index in [4.69, 9.17) is 5.84 Å². The first-order valence-corrected chi connectivity index (χ1v) is 7.02. The fourth-order valence-corrected chi connectivity index (χ4v) is 2.59. The van der Waals surface area contributed by atoms with Gasteiger partial charge in [0.05, 0.1) is 4.90 Å². The zero-order valence-electron chi connectivity index (χ0n) is 10.3. The van der Waals surface area contributed by atoms with Gasteiger partial charge in [-0.3, -0.25) is 10.6 Å². The van der Waals surface area contributed by atoms with Crippen LogP contribution < -0.4 is 16.0 Å². The molecule has 0 aliphatic rings. The van der Waals surface area contributed by atoms with E-state index in [1.54, 1.807) is 31.2 Å². The van der Waals surface area contributed by atoms with Crippen molar-refractivity contribution in [3.8, 4) is 0 Å². The van der Waals surface area contributed by atoms with Crippen LogP contribution in [0.3, 0.4) is 0 Å². The van der Waals surface area contributed by atoms with Crippen LogP contribution in [0.1, 0.15) is 5.56 Å². The van der Waals surface area contributed by atoms with Gasteiger partial charge < -0.3 is 5.43 Å². The molecule has 100 valence electrons. The Labute approximate surface area is 111 Å². The molecule has 1 heterocycles. The number of hydrogen-bond acceptors (Lipinski definition) is 5. The first kappa shape index (κ1) is 13.3. The molecule has 7 heteroatoms. The van der Waals surface area contributed by atoms with E-state index >= 15 is 0 Å². The van der Waals surface area contributed by atoms with Crippen LogP contribution in [-0.2, 0) is 10.0 Å². The van der Waals surface area contributed by atoms with Gasteiger partial charge in [0.15, 0.2) is 0 Å². The summed E-state index contributed by atoms with van der Waals surface area (Å²) in [4.78, 5) is 4.15.